The number of hydrogen-bond donors (Lipinski definition) is 1. The summed E-state index contributed by atoms with van der Waals surface area (Å²) in [6, 6.07) is 7.42. The second-order valence-electron chi connectivity index (χ2n) is 9.87. The van der Waals surface area contributed by atoms with Gasteiger partial charge in [0.05, 0.1) is 31.6 Å². The van der Waals surface area contributed by atoms with Crippen molar-refractivity contribution in [3.63, 3.8) is 0 Å². The molecule has 2 amide bonds. The minimum atomic E-state index is -0.357. The molecule has 0 aliphatic carbocycles. The van der Waals surface area contributed by atoms with Crippen molar-refractivity contribution in [3.8, 4) is 0 Å². The van der Waals surface area contributed by atoms with E-state index in [-0.39, 0.29) is 44.5 Å². The van der Waals surface area contributed by atoms with E-state index >= 15 is 0 Å². The summed E-state index contributed by atoms with van der Waals surface area (Å²) in [6.45, 7) is 5.35. The summed E-state index contributed by atoms with van der Waals surface area (Å²) in [5.74, 6) is -0.203. The molecule has 3 atom stereocenters. The highest BCUT2D eigenvalue weighted by Gasteiger charge is 2.29. The van der Waals surface area contributed by atoms with E-state index in [0.717, 1.165) is 10.9 Å². The first kappa shape index (κ1) is 25.8. The van der Waals surface area contributed by atoms with Crippen molar-refractivity contribution in [2.75, 3.05) is 26.7 Å². The van der Waals surface area contributed by atoms with Gasteiger partial charge in [-0.2, -0.15) is 0 Å². The van der Waals surface area contributed by atoms with Crippen LogP contribution in [0.2, 0.25) is 0 Å². The molecule has 1 aliphatic rings. The molecule has 4 rings (SSSR count). The molecule has 0 unspecified atom stereocenters. The number of aryl methyl sites for hydroxylation is 2. The van der Waals surface area contributed by atoms with Gasteiger partial charge in [0.25, 0.3) is 5.91 Å². The Labute approximate surface area is 212 Å². The molecule has 10 heteroatoms. The molecule has 36 heavy (non-hydrogen) atoms. The van der Waals surface area contributed by atoms with Crippen LogP contribution >= 0.6 is 0 Å². The highest BCUT2D eigenvalue weighted by Crippen LogP contribution is 2.20. The van der Waals surface area contributed by atoms with E-state index in [1.54, 1.807) is 21.5 Å². The fourth-order valence-electron chi connectivity index (χ4n) is 4.66. The van der Waals surface area contributed by atoms with E-state index in [1.807, 2.05) is 62.1 Å². The normalized spacial score (nSPS) is 20.5. The molecule has 2 aromatic heterocycles. The van der Waals surface area contributed by atoms with Gasteiger partial charge in [0.2, 0.25) is 5.91 Å². The Morgan fingerprint density at radius 2 is 2.17 bits per heavy atom. The Morgan fingerprint density at radius 3 is 2.94 bits per heavy atom. The molecule has 10 nitrogen and oxygen atoms in total. The third-order valence-corrected chi connectivity index (χ3v) is 6.98. The lowest BCUT2D eigenvalue weighted by Gasteiger charge is -2.35. The van der Waals surface area contributed by atoms with Crippen molar-refractivity contribution in [1.82, 2.24) is 29.4 Å². The van der Waals surface area contributed by atoms with Crippen molar-refractivity contribution in [3.05, 3.63) is 47.9 Å². The lowest BCUT2D eigenvalue weighted by Crippen LogP contribution is -2.47. The van der Waals surface area contributed by atoms with E-state index in [2.05, 4.69) is 10.3 Å². The zero-order valence-corrected chi connectivity index (χ0v) is 21.5. The van der Waals surface area contributed by atoms with Crippen LogP contribution in [0.4, 0.5) is 0 Å². The number of hydrogen-bond acceptors (Lipinski definition) is 6. The van der Waals surface area contributed by atoms with E-state index in [0.29, 0.717) is 43.7 Å². The summed E-state index contributed by atoms with van der Waals surface area (Å²) < 4.78 is 10.00. The number of fused-ring (bicyclic) bond motifs is 3. The topological polar surface area (TPSA) is 106 Å². The fraction of sp³-hybridized carbons (Fsp3) is 0.538. The number of carbonyl (C=O) groups is 2. The number of benzene rings is 1. The molecule has 3 aromatic rings. The zero-order valence-electron chi connectivity index (χ0n) is 21.5. The Morgan fingerprint density at radius 1 is 1.36 bits per heavy atom. The lowest BCUT2D eigenvalue weighted by molar-refractivity contribution is -0.136. The van der Waals surface area contributed by atoms with Gasteiger partial charge >= 0.3 is 0 Å². The average molecular weight is 499 g/mol. The summed E-state index contributed by atoms with van der Waals surface area (Å²) in [4.78, 5) is 29.8. The third kappa shape index (κ3) is 5.76. The molecule has 1 N–H and O–H groups in total. The number of rotatable bonds is 5. The van der Waals surface area contributed by atoms with Gasteiger partial charge in [-0.1, -0.05) is 18.2 Å². The second kappa shape index (κ2) is 11.2. The first-order valence-electron chi connectivity index (χ1n) is 12.5. The van der Waals surface area contributed by atoms with Gasteiger partial charge in [-0.3, -0.25) is 14.3 Å². The van der Waals surface area contributed by atoms with Crippen LogP contribution in [0.25, 0.3) is 10.9 Å². The number of aromatic nitrogens is 4. The van der Waals surface area contributed by atoms with Gasteiger partial charge in [-0.15, -0.1) is 5.10 Å². The van der Waals surface area contributed by atoms with E-state index in [1.165, 1.54) is 0 Å². The molecule has 0 saturated heterocycles. The fourth-order valence-corrected chi connectivity index (χ4v) is 4.66. The van der Waals surface area contributed by atoms with Gasteiger partial charge in [-0.25, -0.2) is 0 Å². The van der Waals surface area contributed by atoms with Crippen molar-refractivity contribution >= 4 is 22.7 Å². The van der Waals surface area contributed by atoms with E-state index in [4.69, 9.17) is 4.74 Å². The first-order chi connectivity index (χ1) is 17.3. The van der Waals surface area contributed by atoms with Crippen molar-refractivity contribution in [2.24, 2.45) is 13.0 Å². The quantitative estimate of drug-likeness (QED) is 0.579. The molecule has 3 heterocycles. The smallest absolute Gasteiger partial charge is 0.253 e. The number of aliphatic hydroxyl groups is 1. The van der Waals surface area contributed by atoms with Crippen molar-refractivity contribution in [2.45, 2.75) is 52.0 Å². The van der Waals surface area contributed by atoms with Gasteiger partial charge in [-0.05, 0) is 36.9 Å². The lowest BCUT2D eigenvalue weighted by atomic mass is 10.0. The minimum absolute atomic E-state index is 0. The number of ether oxygens (including phenoxy) is 1. The maximum Gasteiger partial charge on any atom is 0.253 e. The molecule has 0 saturated carbocycles. The molecule has 196 valence electrons. The Balaban J connectivity index is 0.00000380. The molecule has 0 fully saturated rings. The molecule has 1 aromatic carbocycles. The monoisotopic (exact) mass is 498 g/mol. The standard InChI is InChI=1S/C26H36N6O4.H2/c1-18-13-32(19(2)16-33)25(34)6-5-10-31-14-22(27-28-31)17-36-24(18)15-30(4)26(35)21-8-7-20-9-11-29(3)23(20)12-21;/h7-9,11-12,14,18-19,24,33H,5-6,10,13,15-17H2,1-4H3;1H/t18-,19-,24-;/m0./s1. The van der Waals surface area contributed by atoms with Gasteiger partial charge < -0.3 is 24.2 Å². The molecule has 0 spiro atoms. The number of amides is 2. The van der Waals surface area contributed by atoms with E-state index < -0.39 is 0 Å². The summed E-state index contributed by atoms with van der Waals surface area (Å²) in [5, 5.41) is 19.2. The summed E-state index contributed by atoms with van der Waals surface area (Å²) >= 11 is 0. The van der Waals surface area contributed by atoms with Crippen LogP contribution in [-0.2, 0) is 29.7 Å². The zero-order chi connectivity index (χ0) is 25.8. The molecular weight excluding hydrogens is 460 g/mol. The van der Waals surface area contributed by atoms with E-state index in [9.17, 15) is 14.7 Å². The molecule has 0 radical (unpaired) electrons. The van der Waals surface area contributed by atoms with Crippen LogP contribution in [0.1, 0.15) is 44.2 Å². The van der Waals surface area contributed by atoms with Crippen molar-refractivity contribution < 1.29 is 20.9 Å². The third-order valence-electron chi connectivity index (χ3n) is 6.98. The van der Waals surface area contributed by atoms with Crippen LogP contribution in [0.15, 0.2) is 36.7 Å². The minimum Gasteiger partial charge on any atom is -0.394 e. The number of nitrogens with zero attached hydrogens (tertiary/aromatic N) is 6. The number of likely N-dealkylation sites (N-methyl/N-ethyl adjacent to an activating group) is 1. The first-order valence-corrected chi connectivity index (χ1v) is 12.5. The van der Waals surface area contributed by atoms with Crippen LogP contribution in [-0.4, -0.2) is 85.2 Å². The Bertz CT molecular complexity index is 1210. The van der Waals surface area contributed by atoms with Crippen LogP contribution in [0.5, 0.6) is 0 Å². The van der Waals surface area contributed by atoms with Crippen LogP contribution < -0.4 is 0 Å². The summed E-state index contributed by atoms with van der Waals surface area (Å²) in [6.07, 6.45) is 4.45. The average Bonchev–Trinajstić information content (AvgIpc) is 3.49. The van der Waals surface area contributed by atoms with Gasteiger partial charge in [0.1, 0.15) is 5.69 Å². The highest BCUT2D eigenvalue weighted by atomic mass is 16.5. The van der Waals surface area contributed by atoms with Crippen molar-refractivity contribution in [1.29, 1.82) is 0 Å². The number of aliphatic hydroxyl groups excluding tert-OH is 1. The highest BCUT2D eigenvalue weighted by molar-refractivity contribution is 5.98. The Kier molecular flexibility index (Phi) is 8.05. The molecular formula is C26H38N6O4. The van der Waals surface area contributed by atoms with Gasteiger partial charge in [0, 0.05) is 64.8 Å². The maximum absolute atomic E-state index is 13.3. The Hall–Kier alpha value is -3.24. The summed E-state index contributed by atoms with van der Waals surface area (Å²) in [7, 11) is 3.73. The van der Waals surface area contributed by atoms with Gasteiger partial charge in [0.15, 0.2) is 0 Å². The predicted molar refractivity (Wildman–Crippen MR) is 137 cm³/mol. The molecule has 1 aliphatic heterocycles. The number of carbonyl (C=O) groups excluding carboxylic acids is 2. The second-order valence-corrected chi connectivity index (χ2v) is 9.87. The maximum atomic E-state index is 13.3. The van der Waals surface area contributed by atoms with Crippen LogP contribution in [0, 0.1) is 5.92 Å². The molecule has 2 bridgehead atoms. The predicted octanol–water partition coefficient (Wildman–Crippen LogP) is 2.31. The van der Waals surface area contributed by atoms with Crippen LogP contribution in [0.3, 0.4) is 0 Å². The SMILES string of the molecule is C[C@H]1CN([C@@H](C)CO)C(=O)CCCn2cc(nn2)CO[C@H]1CN(C)C(=O)c1ccc2ccn(C)c2c1.[HH]. The largest absolute Gasteiger partial charge is 0.394 e. The summed E-state index contributed by atoms with van der Waals surface area (Å²) in [5.41, 5.74) is 2.32.